The lowest BCUT2D eigenvalue weighted by atomic mass is 10.1. The van der Waals surface area contributed by atoms with Crippen molar-refractivity contribution < 1.29 is 23.5 Å². The summed E-state index contributed by atoms with van der Waals surface area (Å²) in [5.74, 6) is -4.48. The molecule has 0 atom stereocenters. The number of carbonyl (C=O) groups is 2. The largest absolute Gasteiger partial charge is 0.478 e. The first-order valence-electron chi connectivity index (χ1n) is 6.52. The van der Waals surface area contributed by atoms with Crippen LogP contribution >= 0.6 is 0 Å². The van der Waals surface area contributed by atoms with Crippen LogP contribution in [0, 0.1) is 11.6 Å². The number of carboxylic acids is 1. The van der Waals surface area contributed by atoms with Crippen LogP contribution < -0.4 is 0 Å². The van der Waals surface area contributed by atoms with E-state index in [4.69, 9.17) is 5.11 Å². The maximum atomic E-state index is 13.3. The summed E-state index contributed by atoms with van der Waals surface area (Å²) in [6.45, 7) is 1.02. The van der Waals surface area contributed by atoms with Crippen molar-refractivity contribution in [3.63, 3.8) is 0 Å². The number of halogens is 2. The number of likely N-dealkylation sites (tertiary alicyclic amines) is 1. The minimum absolute atomic E-state index is 0.293. The number of aromatic carboxylic acids is 1. The molecule has 4 nitrogen and oxygen atoms in total. The Kier molecular flexibility index (Phi) is 4.32. The second kappa shape index (κ2) is 5.98. The molecule has 0 unspecified atom stereocenters. The van der Waals surface area contributed by atoms with Crippen LogP contribution in [0.4, 0.5) is 8.78 Å². The first-order chi connectivity index (χ1) is 9.50. The minimum atomic E-state index is -1.44. The fraction of sp³-hybridized carbons (Fsp3) is 0.429. The summed E-state index contributed by atoms with van der Waals surface area (Å²) in [5.41, 5.74) is -0.795. The van der Waals surface area contributed by atoms with Gasteiger partial charge in [-0.15, -0.1) is 0 Å². The van der Waals surface area contributed by atoms with E-state index in [-0.39, 0.29) is 5.56 Å². The molecule has 0 aliphatic carbocycles. The van der Waals surface area contributed by atoms with Crippen molar-refractivity contribution in [1.82, 2.24) is 4.90 Å². The van der Waals surface area contributed by atoms with Gasteiger partial charge in [0, 0.05) is 13.1 Å². The Morgan fingerprint density at radius 1 is 0.950 bits per heavy atom. The normalized spacial score (nSPS) is 15.8. The summed E-state index contributed by atoms with van der Waals surface area (Å²) < 4.78 is 26.4. The standard InChI is InChI=1S/C14H15F2NO3/c15-11-7-9(10(14(19)20)8-12(11)16)13(18)17-5-3-1-2-4-6-17/h7-8H,1-6H2,(H,19,20). The van der Waals surface area contributed by atoms with E-state index >= 15 is 0 Å². The van der Waals surface area contributed by atoms with Gasteiger partial charge in [0.1, 0.15) is 0 Å². The summed E-state index contributed by atoms with van der Waals surface area (Å²) in [7, 11) is 0. The van der Waals surface area contributed by atoms with Crippen LogP contribution in [-0.2, 0) is 0 Å². The molecule has 1 aliphatic rings. The lowest BCUT2D eigenvalue weighted by molar-refractivity contribution is 0.0675. The van der Waals surface area contributed by atoms with E-state index in [1.54, 1.807) is 0 Å². The van der Waals surface area contributed by atoms with E-state index in [0.717, 1.165) is 25.7 Å². The summed E-state index contributed by atoms with van der Waals surface area (Å²) in [5, 5.41) is 9.02. The van der Waals surface area contributed by atoms with Gasteiger partial charge in [0.05, 0.1) is 11.1 Å². The summed E-state index contributed by atoms with van der Waals surface area (Å²) in [6.07, 6.45) is 3.68. The molecule has 0 radical (unpaired) electrons. The third kappa shape index (κ3) is 2.95. The van der Waals surface area contributed by atoms with Gasteiger partial charge in [-0.1, -0.05) is 12.8 Å². The van der Waals surface area contributed by atoms with Crippen LogP contribution in [-0.4, -0.2) is 35.0 Å². The zero-order valence-corrected chi connectivity index (χ0v) is 10.9. The molecule has 1 aromatic carbocycles. The number of carbonyl (C=O) groups excluding carboxylic acids is 1. The fourth-order valence-electron chi connectivity index (χ4n) is 2.34. The monoisotopic (exact) mass is 283 g/mol. The van der Waals surface area contributed by atoms with E-state index in [1.807, 2.05) is 0 Å². The van der Waals surface area contributed by atoms with E-state index in [1.165, 1.54) is 4.90 Å². The number of nitrogens with zero attached hydrogens (tertiary/aromatic N) is 1. The highest BCUT2D eigenvalue weighted by Gasteiger charge is 2.24. The topological polar surface area (TPSA) is 57.6 Å². The molecule has 1 saturated heterocycles. The van der Waals surface area contributed by atoms with Crippen molar-refractivity contribution in [2.75, 3.05) is 13.1 Å². The number of hydrogen-bond acceptors (Lipinski definition) is 2. The number of benzene rings is 1. The van der Waals surface area contributed by atoms with Crippen LogP contribution in [0.5, 0.6) is 0 Å². The quantitative estimate of drug-likeness (QED) is 0.907. The van der Waals surface area contributed by atoms with Gasteiger partial charge in [0.2, 0.25) is 0 Å². The highest BCUT2D eigenvalue weighted by Crippen LogP contribution is 2.19. The highest BCUT2D eigenvalue weighted by molar-refractivity contribution is 6.04. The molecule has 108 valence electrons. The molecular weight excluding hydrogens is 268 g/mol. The van der Waals surface area contributed by atoms with Gasteiger partial charge in [-0.2, -0.15) is 0 Å². The molecule has 6 heteroatoms. The van der Waals surface area contributed by atoms with Gasteiger partial charge in [-0.25, -0.2) is 13.6 Å². The van der Waals surface area contributed by atoms with Crippen molar-refractivity contribution in [2.24, 2.45) is 0 Å². The van der Waals surface area contributed by atoms with Crippen molar-refractivity contribution in [1.29, 1.82) is 0 Å². The SMILES string of the molecule is O=C(O)c1cc(F)c(F)cc1C(=O)N1CCCCCC1. The predicted octanol–water partition coefficient (Wildman–Crippen LogP) is 2.68. The Morgan fingerprint density at radius 2 is 1.45 bits per heavy atom. The van der Waals surface area contributed by atoms with Gasteiger partial charge < -0.3 is 10.0 Å². The summed E-state index contributed by atoms with van der Waals surface area (Å²) in [4.78, 5) is 24.9. The molecule has 1 N–H and O–H groups in total. The molecule has 1 fully saturated rings. The van der Waals surface area contributed by atoms with Crippen LogP contribution in [0.15, 0.2) is 12.1 Å². The average molecular weight is 283 g/mol. The maximum absolute atomic E-state index is 13.3. The van der Waals surface area contributed by atoms with Crippen molar-refractivity contribution in [2.45, 2.75) is 25.7 Å². The van der Waals surface area contributed by atoms with Crippen LogP contribution in [0.1, 0.15) is 46.4 Å². The number of carboxylic acid groups (broad SMARTS) is 1. The lowest BCUT2D eigenvalue weighted by Gasteiger charge is -2.21. The Bertz CT molecular complexity index is 537. The fourth-order valence-corrected chi connectivity index (χ4v) is 2.34. The zero-order valence-electron chi connectivity index (χ0n) is 10.9. The van der Waals surface area contributed by atoms with Gasteiger partial charge in [-0.05, 0) is 25.0 Å². The van der Waals surface area contributed by atoms with Crippen molar-refractivity contribution >= 4 is 11.9 Å². The molecule has 20 heavy (non-hydrogen) atoms. The molecule has 1 heterocycles. The van der Waals surface area contributed by atoms with E-state index in [2.05, 4.69) is 0 Å². The molecular formula is C14H15F2NO3. The molecule has 0 spiro atoms. The minimum Gasteiger partial charge on any atom is -0.478 e. The smallest absolute Gasteiger partial charge is 0.336 e. The number of rotatable bonds is 2. The molecule has 0 saturated carbocycles. The molecule has 0 aromatic heterocycles. The molecule has 2 rings (SSSR count). The molecule has 1 amide bonds. The second-order valence-corrected chi connectivity index (χ2v) is 4.82. The van der Waals surface area contributed by atoms with Crippen molar-refractivity contribution in [3.8, 4) is 0 Å². The molecule has 1 aromatic rings. The lowest BCUT2D eigenvalue weighted by Crippen LogP contribution is -2.33. The Labute approximate surface area is 115 Å². The molecule has 1 aliphatic heterocycles. The Morgan fingerprint density at radius 3 is 1.95 bits per heavy atom. The highest BCUT2D eigenvalue weighted by atomic mass is 19.2. The third-order valence-corrected chi connectivity index (χ3v) is 3.41. The van der Waals surface area contributed by atoms with Crippen molar-refractivity contribution in [3.05, 3.63) is 34.9 Å². The second-order valence-electron chi connectivity index (χ2n) is 4.82. The zero-order chi connectivity index (χ0) is 14.7. The van der Waals surface area contributed by atoms with Crippen LogP contribution in [0.3, 0.4) is 0 Å². The first kappa shape index (κ1) is 14.4. The Hall–Kier alpha value is -1.98. The van der Waals surface area contributed by atoms with E-state index in [0.29, 0.717) is 25.2 Å². The summed E-state index contributed by atoms with van der Waals surface area (Å²) in [6, 6.07) is 1.23. The third-order valence-electron chi connectivity index (χ3n) is 3.41. The molecule has 0 bridgehead atoms. The Balaban J connectivity index is 2.37. The number of amides is 1. The first-order valence-corrected chi connectivity index (χ1v) is 6.52. The van der Waals surface area contributed by atoms with Crippen LogP contribution in [0.25, 0.3) is 0 Å². The van der Waals surface area contributed by atoms with E-state index in [9.17, 15) is 18.4 Å². The maximum Gasteiger partial charge on any atom is 0.336 e. The van der Waals surface area contributed by atoms with Gasteiger partial charge in [0.25, 0.3) is 5.91 Å². The van der Waals surface area contributed by atoms with Gasteiger partial charge >= 0.3 is 5.97 Å². The van der Waals surface area contributed by atoms with E-state index < -0.39 is 29.1 Å². The average Bonchev–Trinajstić information content (AvgIpc) is 2.69. The number of hydrogen-bond donors (Lipinski definition) is 1. The van der Waals surface area contributed by atoms with Crippen LogP contribution in [0.2, 0.25) is 0 Å². The van der Waals surface area contributed by atoms with Gasteiger partial charge in [0.15, 0.2) is 11.6 Å². The predicted molar refractivity (Wildman–Crippen MR) is 67.7 cm³/mol. The van der Waals surface area contributed by atoms with Gasteiger partial charge in [-0.3, -0.25) is 4.79 Å². The summed E-state index contributed by atoms with van der Waals surface area (Å²) >= 11 is 0.